The van der Waals surface area contributed by atoms with E-state index < -0.39 is 0 Å². The SMILES string of the molecule is CCCNC(c1ccc(OC)cc1)C1(OCC)CCCC1. The van der Waals surface area contributed by atoms with Crippen molar-refractivity contribution in [1.82, 2.24) is 5.32 Å². The van der Waals surface area contributed by atoms with Gasteiger partial charge in [-0.3, -0.25) is 0 Å². The van der Waals surface area contributed by atoms with Gasteiger partial charge < -0.3 is 14.8 Å². The highest BCUT2D eigenvalue weighted by molar-refractivity contribution is 5.31. The van der Waals surface area contributed by atoms with Gasteiger partial charge in [-0.2, -0.15) is 0 Å². The van der Waals surface area contributed by atoms with Crippen molar-refractivity contribution in [2.24, 2.45) is 0 Å². The summed E-state index contributed by atoms with van der Waals surface area (Å²) >= 11 is 0. The van der Waals surface area contributed by atoms with Crippen molar-refractivity contribution in [2.75, 3.05) is 20.3 Å². The monoisotopic (exact) mass is 291 g/mol. The Kier molecular flexibility index (Phi) is 6.07. The van der Waals surface area contributed by atoms with Gasteiger partial charge in [0.1, 0.15) is 5.75 Å². The molecule has 21 heavy (non-hydrogen) atoms. The molecule has 0 saturated heterocycles. The second kappa shape index (κ2) is 7.81. The fraction of sp³-hybridized carbons (Fsp3) is 0.667. The highest BCUT2D eigenvalue weighted by atomic mass is 16.5. The first-order valence-corrected chi connectivity index (χ1v) is 8.27. The van der Waals surface area contributed by atoms with Gasteiger partial charge in [0.05, 0.1) is 18.8 Å². The van der Waals surface area contributed by atoms with E-state index in [4.69, 9.17) is 9.47 Å². The third kappa shape index (κ3) is 3.78. The van der Waals surface area contributed by atoms with Gasteiger partial charge in [0, 0.05) is 6.61 Å². The predicted octanol–water partition coefficient (Wildman–Crippen LogP) is 4.09. The van der Waals surface area contributed by atoms with Crippen LogP contribution in [0.15, 0.2) is 24.3 Å². The van der Waals surface area contributed by atoms with Crippen molar-refractivity contribution < 1.29 is 9.47 Å². The highest BCUT2D eigenvalue weighted by Crippen LogP contribution is 2.43. The van der Waals surface area contributed by atoms with Crippen LogP contribution in [0.2, 0.25) is 0 Å². The minimum atomic E-state index is -0.0431. The number of rotatable bonds is 8. The Morgan fingerprint density at radius 1 is 1.14 bits per heavy atom. The first-order chi connectivity index (χ1) is 10.3. The zero-order valence-corrected chi connectivity index (χ0v) is 13.7. The van der Waals surface area contributed by atoms with E-state index in [0.717, 1.165) is 38.2 Å². The van der Waals surface area contributed by atoms with Crippen LogP contribution in [-0.4, -0.2) is 25.9 Å². The smallest absolute Gasteiger partial charge is 0.118 e. The molecule has 1 unspecified atom stereocenters. The average Bonchev–Trinajstić information content (AvgIpc) is 2.98. The molecule has 0 radical (unpaired) electrons. The number of hydrogen-bond acceptors (Lipinski definition) is 3. The number of methoxy groups -OCH3 is 1. The average molecular weight is 291 g/mol. The Bertz CT molecular complexity index is 410. The van der Waals surface area contributed by atoms with Gasteiger partial charge in [0.2, 0.25) is 0 Å². The van der Waals surface area contributed by atoms with E-state index in [2.05, 4.69) is 31.3 Å². The third-order valence-corrected chi connectivity index (χ3v) is 4.46. The zero-order valence-electron chi connectivity index (χ0n) is 13.7. The molecular weight excluding hydrogens is 262 g/mol. The summed E-state index contributed by atoms with van der Waals surface area (Å²) in [7, 11) is 1.71. The maximum absolute atomic E-state index is 6.27. The second-order valence-corrected chi connectivity index (χ2v) is 5.87. The van der Waals surface area contributed by atoms with Crippen LogP contribution in [0, 0.1) is 0 Å². The van der Waals surface area contributed by atoms with Crippen LogP contribution in [0.1, 0.15) is 57.6 Å². The number of nitrogens with one attached hydrogen (secondary N) is 1. The molecule has 1 aromatic carbocycles. The van der Waals surface area contributed by atoms with E-state index in [1.54, 1.807) is 7.11 Å². The van der Waals surface area contributed by atoms with Gasteiger partial charge in [0.15, 0.2) is 0 Å². The standard InChI is InChI=1S/C18H29NO2/c1-4-14-19-17(15-8-10-16(20-3)11-9-15)18(21-5-2)12-6-7-13-18/h8-11,17,19H,4-7,12-14H2,1-3H3. The Morgan fingerprint density at radius 3 is 2.33 bits per heavy atom. The topological polar surface area (TPSA) is 30.5 Å². The predicted molar refractivity (Wildman–Crippen MR) is 86.9 cm³/mol. The van der Waals surface area contributed by atoms with E-state index in [0.29, 0.717) is 0 Å². The van der Waals surface area contributed by atoms with E-state index in [9.17, 15) is 0 Å². The highest BCUT2D eigenvalue weighted by Gasteiger charge is 2.42. The molecule has 1 fully saturated rings. The molecule has 0 aromatic heterocycles. The minimum absolute atomic E-state index is 0.0431. The van der Waals surface area contributed by atoms with E-state index in [1.807, 2.05) is 12.1 Å². The molecule has 2 rings (SSSR count). The summed E-state index contributed by atoms with van der Waals surface area (Å²) < 4.78 is 11.5. The minimum Gasteiger partial charge on any atom is -0.497 e. The Morgan fingerprint density at radius 2 is 1.81 bits per heavy atom. The van der Waals surface area contributed by atoms with Gasteiger partial charge in [-0.1, -0.05) is 31.9 Å². The molecule has 1 N–H and O–H groups in total. The first-order valence-electron chi connectivity index (χ1n) is 8.27. The summed E-state index contributed by atoms with van der Waals surface area (Å²) in [5.41, 5.74) is 1.26. The van der Waals surface area contributed by atoms with Crippen LogP contribution in [0.5, 0.6) is 5.75 Å². The van der Waals surface area contributed by atoms with Crippen LogP contribution in [0.4, 0.5) is 0 Å². The normalized spacial score (nSPS) is 18.6. The van der Waals surface area contributed by atoms with Crippen molar-refractivity contribution in [3.05, 3.63) is 29.8 Å². The number of hydrogen-bond donors (Lipinski definition) is 1. The fourth-order valence-electron chi connectivity index (χ4n) is 3.47. The van der Waals surface area contributed by atoms with Crippen molar-refractivity contribution in [3.63, 3.8) is 0 Å². The molecule has 1 atom stereocenters. The third-order valence-electron chi connectivity index (χ3n) is 4.46. The Labute approximate surface area is 129 Å². The molecule has 0 amide bonds. The lowest BCUT2D eigenvalue weighted by atomic mass is 9.86. The molecule has 1 saturated carbocycles. The summed E-state index contributed by atoms with van der Waals surface area (Å²) in [6, 6.07) is 8.71. The number of benzene rings is 1. The van der Waals surface area contributed by atoms with Crippen LogP contribution in [0.25, 0.3) is 0 Å². The van der Waals surface area contributed by atoms with Gasteiger partial charge in [0.25, 0.3) is 0 Å². The van der Waals surface area contributed by atoms with Crippen LogP contribution >= 0.6 is 0 Å². The number of ether oxygens (including phenoxy) is 2. The van der Waals surface area contributed by atoms with Gasteiger partial charge in [-0.15, -0.1) is 0 Å². The quantitative estimate of drug-likeness (QED) is 0.782. The molecule has 1 aromatic rings. The van der Waals surface area contributed by atoms with E-state index >= 15 is 0 Å². The summed E-state index contributed by atoms with van der Waals surface area (Å²) in [4.78, 5) is 0. The molecule has 0 spiro atoms. The van der Waals surface area contributed by atoms with Gasteiger partial charge in [-0.05, 0) is 50.4 Å². The molecule has 1 aliphatic carbocycles. The first kappa shape index (κ1) is 16.3. The molecule has 3 nitrogen and oxygen atoms in total. The van der Waals surface area contributed by atoms with Crippen molar-refractivity contribution in [2.45, 2.75) is 57.6 Å². The van der Waals surface area contributed by atoms with E-state index in [-0.39, 0.29) is 11.6 Å². The summed E-state index contributed by atoms with van der Waals surface area (Å²) in [6.07, 6.45) is 5.96. The van der Waals surface area contributed by atoms with Crippen molar-refractivity contribution >= 4 is 0 Å². The maximum atomic E-state index is 6.27. The molecule has 118 valence electrons. The lowest BCUT2D eigenvalue weighted by Crippen LogP contribution is -2.44. The molecule has 3 heteroatoms. The lowest BCUT2D eigenvalue weighted by Gasteiger charge is -2.38. The molecule has 1 aliphatic rings. The summed E-state index contributed by atoms with van der Waals surface area (Å²) in [6.45, 7) is 6.11. The zero-order chi connectivity index (χ0) is 15.1. The van der Waals surface area contributed by atoms with Crippen molar-refractivity contribution in [1.29, 1.82) is 0 Å². The fourth-order valence-corrected chi connectivity index (χ4v) is 3.47. The molecule has 0 aliphatic heterocycles. The largest absolute Gasteiger partial charge is 0.497 e. The van der Waals surface area contributed by atoms with E-state index in [1.165, 1.54) is 18.4 Å². The Balaban J connectivity index is 2.26. The Hall–Kier alpha value is -1.06. The lowest BCUT2D eigenvalue weighted by molar-refractivity contribution is -0.0626. The summed E-state index contributed by atoms with van der Waals surface area (Å²) in [5, 5.41) is 3.72. The molecule has 0 heterocycles. The van der Waals surface area contributed by atoms with Crippen molar-refractivity contribution in [3.8, 4) is 5.75 Å². The van der Waals surface area contributed by atoms with Gasteiger partial charge in [-0.25, -0.2) is 0 Å². The molecular formula is C18H29NO2. The van der Waals surface area contributed by atoms with Crippen LogP contribution in [-0.2, 0) is 4.74 Å². The molecule has 0 bridgehead atoms. The van der Waals surface area contributed by atoms with Crippen LogP contribution < -0.4 is 10.1 Å². The summed E-state index contributed by atoms with van der Waals surface area (Å²) in [5.74, 6) is 0.907. The second-order valence-electron chi connectivity index (χ2n) is 5.87. The maximum Gasteiger partial charge on any atom is 0.118 e. The van der Waals surface area contributed by atoms with Crippen LogP contribution in [0.3, 0.4) is 0 Å². The van der Waals surface area contributed by atoms with Gasteiger partial charge >= 0.3 is 0 Å².